The Morgan fingerprint density at radius 1 is 1.60 bits per heavy atom. The van der Waals surface area contributed by atoms with Gasteiger partial charge in [-0.15, -0.1) is 0 Å². The molecular formula is C9H16N2O4. The molecule has 1 fully saturated rings. The molecule has 1 rings (SSSR count). The lowest BCUT2D eigenvalue weighted by molar-refractivity contribution is -0.153. The van der Waals surface area contributed by atoms with Crippen molar-refractivity contribution in [3.8, 4) is 0 Å². The fourth-order valence-corrected chi connectivity index (χ4v) is 1.42. The number of hydrogen-bond donors (Lipinski definition) is 2. The number of carboxylic acid groups (broad SMARTS) is 1. The van der Waals surface area contributed by atoms with Crippen molar-refractivity contribution in [3.05, 3.63) is 0 Å². The van der Waals surface area contributed by atoms with E-state index in [0.717, 1.165) is 0 Å². The summed E-state index contributed by atoms with van der Waals surface area (Å²) in [6, 6.07) is -0.584. The summed E-state index contributed by atoms with van der Waals surface area (Å²) in [4.78, 5) is 23.5. The first kappa shape index (κ1) is 11.9. The maximum absolute atomic E-state index is 11.6. The summed E-state index contributed by atoms with van der Waals surface area (Å²) in [5.41, 5.74) is 5.62. The number of methoxy groups -OCH3 is 1. The van der Waals surface area contributed by atoms with E-state index in [1.165, 1.54) is 4.90 Å². The van der Waals surface area contributed by atoms with Gasteiger partial charge in [-0.25, -0.2) is 0 Å². The van der Waals surface area contributed by atoms with Crippen LogP contribution in [0.25, 0.3) is 0 Å². The third kappa shape index (κ3) is 2.90. The van der Waals surface area contributed by atoms with Crippen LogP contribution in [0.15, 0.2) is 0 Å². The molecule has 1 amide bonds. The smallest absolute Gasteiger partial charge is 0.310 e. The molecule has 1 heterocycles. The second-order valence-corrected chi connectivity index (χ2v) is 3.67. The predicted octanol–water partition coefficient (Wildman–Crippen LogP) is -1.11. The molecule has 1 atom stereocenters. The van der Waals surface area contributed by atoms with Gasteiger partial charge in [-0.3, -0.25) is 9.59 Å². The van der Waals surface area contributed by atoms with Crippen LogP contribution in [0, 0.1) is 5.92 Å². The normalized spacial score (nSPS) is 18.4. The molecule has 86 valence electrons. The van der Waals surface area contributed by atoms with E-state index in [4.69, 9.17) is 15.6 Å². The van der Waals surface area contributed by atoms with Gasteiger partial charge in [0, 0.05) is 26.8 Å². The highest BCUT2D eigenvalue weighted by Gasteiger charge is 2.37. The van der Waals surface area contributed by atoms with Gasteiger partial charge in [0.15, 0.2) is 0 Å². The fraction of sp³-hybridized carbons (Fsp3) is 0.778. The summed E-state index contributed by atoms with van der Waals surface area (Å²) < 4.78 is 4.81. The van der Waals surface area contributed by atoms with Gasteiger partial charge >= 0.3 is 5.97 Å². The maximum Gasteiger partial charge on any atom is 0.310 e. The average molecular weight is 216 g/mol. The van der Waals surface area contributed by atoms with Crippen molar-refractivity contribution in [2.75, 3.05) is 26.8 Å². The Labute approximate surface area is 88.0 Å². The molecule has 0 spiro atoms. The van der Waals surface area contributed by atoms with Crippen LogP contribution in [0.4, 0.5) is 0 Å². The Morgan fingerprint density at radius 2 is 2.20 bits per heavy atom. The van der Waals surface area contributed by atoms with Crippen LogP contribution < -0.4 is 5.73 Å². The summed E-state index contributed by atoms with van der Waals surface area (Å²) in [7, 11) is 1.54. The van der Waals surface area contributed by atoms with Gasteiger partial charge in [-0.2, -0.15) is 0 Å². The Balaban J connectivity index is 2.28. The number of likely N-dealkylation sites (tertiary alicyclic amines) is 1. The topological polar surface area (TPSA) is 92.9 Å². The van der Waals surface area contributed by atoms with E-state index < -0.39 is 17.9 Å². The number of nitrogens with zero attached hydrogens (tertiary/aromatic N) is 1. The number of ether oxygens (including phenoxy) is 1. The van der Waals surface area contributed by atoms with Crippen LogP contribution >= 0.6 is 0 Å². The predicted molar refractivity (Wildman–Crippen MR) is 52.2 cm³/mol. The number of carbonyl (C=O) groups excluding carboxylic acids is 1. The number of rotatable bonds is 5. The summed E-state index contributed by atoms with van der Waals surface area (Å²) in [6.45, 7) is 0.979. The number of nitrogens with two attached hydrogens (primary N) is 1. The quantitative estimate of drug-likeness (QED) is 0.608. The summed E-state index contributed by atoms with van der Waals surface area (Å²) in [5, 5.41) is 8.62. The Hall–Kier alpha value is -1.14. The van der Waals surface area contributed by atoms with Gasteiger partial charge in [0.25, 0.3) is 0 Å². The molecule has 0 saturated carbocycles. The van der Waals surface area contributed by atoms with E-state index in [2.05, 4.69) is 0 Å². The summed E-state index contributed by atoms with van der Waals surface area (Å²) in [5.74, 6) is -1.47. The molecule has 0 aromatic rings. The molecular weight excluding hydrogens is 200 g/mol. The third-order valence-corrected chi connectivity index (χ3v) is 2.49. The van der Waals surface area contributed by atoms with Crippen LogP contribution in [-0.4, -0.2) is 54.7 Å². The summed E-state index contributed by atoms with van der Waals surface area (Å²) >= 11 is 0. The zero-order valence-corrected chi connectivity index (χ0v) is 8.68. The highest BCUT2D eigenvalue weighted by Crippen LogP contribution is 2.16. The molecule has 1 saturated heterocycles. The van der Waals surface area contributed by atoms with Crippen LogP contribution in [0.1, 0.15) is 6.42 Å². The minimum Gasteiger partial charge on any atom is -0.481 e. The van der Waals surface area contributed by atoms with Crippen LogP contribution in [-0.2, 0) is 14.3 Å². The van der Waals surface area contributed by atoms with Gasteiger partial charge in [0.05, 0.1) is 12.0 Å². The molecule has 0 aromatic carbocycles. The van der Waals surface area contributed by atoms with Crippen LogP contribution in [0.5, 0.6) is 0 Å². The zero-order chi connectivity index (χ0) is 11.4. The molecule has 6 nitrogen and oxygen atoms in total. The van der Waals surface area contributed by atoms with E-state index in [9.17, 15) is 9.59 Å². The number of aliphatic carboxylic acids is 1. The lowest BCUT2D eigenvalue weighted by Gasteiger charge is -2.38. The first-order valence-electron chi connectivity index (χ1n) is 4.82. The van der Waals surface area contributed by atoms with Gasteiger partial charge in [-0.1, -0.05) is 0 Å². The third-order valence-electron chi connectivity index (χ3n) is 2.49. The van der Waals surface area contributed by atoms with Crippen molar-refractivity contribution >= 4 is 11.9 Å². The number of carbonyl (C=O) groups is 2. The standard InChI is InChI=1S/C9H16N2O4/c1-15-3-2-7(10)8(12)11-4-6(5-11)9(13)14/h6-7H,2-5,10H2,1H3,(H,13,14). The highest BCUT2D eigenvalue weighted by atomic mass is 16.5. The van der Waals surface area contributed by atoms with Crippen molar-refractivity contribution in [1.29, 1.82) is 0 Å². The SMILES string of the molecule is COCCC(N)C(=O)N1CC(C(=O)O)C1. The fourth-order valence-electron chi connectivity index (χ4n) is 1.42. The Morgan fingerprint density at radius 3 is 2.67 bits per heavy atom. The van der Waals surface area contributed by atoms with E-state index in [-0.39, 0.29) is 19.0 Å². The van der Waals surface area contributed by atoms with Gasteiger partial charge in [0.1, 0.15) is 0 Å². The van der Waals surface area contributed by atoms with Crippen molar-refractivity contribution in [2.45, 2.75) is 12.5 Å². The number of carboxylic acids is 1. The number of amides is 1. The molecule has 3 N–H and O–H groups in total. The molecule has 1 unspecified atom stereocenters. The second-order valence-electron chi connectivity index (χ2n) is 3.67. The van der Waals surface area contributed by atoms with Gasteiger partial charge in [-0.05, 0) is 6.42 Å². The Kier molecular flexibility index (Phi) is 4.05. The first-order chi connectivity index (χ1) is 7.06. The van der Waals surface area contributed by atoms with Crippen molar-refractivity contribution in [3.63, 3.8) is 0 Å². The van der Waals surface area contributed by atoms with Gasteiger partial charge < -0.3 is 20.5 Å². The van der Waals surface area contributed by atoms with E-state index in [1.807, 2.05) is 0 Å². The first-order valence-corrected chi connectivity index (χ1v) is 4.82. The van der Waals surface area contributed by atoms with Crippen molar-refractivity contribution in [1.82, 2.24) is 4.90 Å². The molecule has 1 aliphatic rings. The largest absolute Gasteiger partial charge is 0.481 e. The minimum absolute atomic E-state index is 0.190. The van der Waals surface area contributed by atoms with E-state index in [0.29, 0.717) is 13.0 Å². The average Bonchev–Trinajstić information content (AvgIpc) is 2.10. The molecule has 0 radical (unpaired) electrons. The maximum atomic E-state index is 11.6. The molecule has 0 aliphatic carbocycles. The Bertz CT molecular complexity index is 250. The number of hydrogen-bond acceptors (Lipinski definition) is 4. The van der Waals surface area contributed by atoms with E-state index >= 15 is 0 Å². The second kappa shape index (κ2) is 5.09. The molecule has 1 aliphatic heterocycles. The van der Waals surface area contributed by atoms with E-state index in [1.54, 1.807) is 7.11 Å². The monoisotopic (exact) mass is 216 g/mol. The lowest BCUT2D eigenvalue weighted by Crippen LogP contribution is -2.57. The van der Waals surface area contributed by atoms with Crippen molar-refractivity contribution in [2.24, 2.45) is 11.7 Å². The molecule has 0 bridgehead atoms. The lowest BCUT2D eigenvalue weighted by atomic mass is 9.99. The molecule has 6 heteroatoms. The highest BCUT2D eigenvalue weighted by molar-refractivity contribution is 5.84. The van der Waals surface area contributed by atoms with Crippen molar-refractivity contribution < 1.29 is 19.4 Å². The van der Waals surface area contributed by atoms with Crippen LogP contribution in [0.3, 0.4) is 0 Å². The van der Waals surface area contributed by atoms with Crippen LogP contribution in [0.2, 0.25) is 0 Å². The minimum atomic E-state index is -0.857. The molecule has 0 aromatic heterocycles. The summed E-state index contributed by atoms with van der Waals surface area (Å²) in [6.07, 6.45) is 0.462. The molecule has 15 heavy (non-hydrogen) atoms. The van der Waals surface area contributed by atoms with Gasteiger partial charge in [0.2, 0.25) is 5.91 Å². The zero-order valence-electron chi connectivity index (χ0n) is 8.68.